The van der Waals surface area contributed by atoms with Crippen LogP contribution in [0.5, 0.6) is 0 Å². The molecule has 0 radical (unpaired) electrons. The smallest absolute Gasteiger partial charge is 0.0451 e. The maximum absolute atomic E-state index is 6.27. The third-order valence-electron chi connectivity index (χ3n) is 4.82. The van der Waals surface area contributed by atoms with Gasteiger partial charge < -0.3 is 5.32 Å². The lowest BCUT2D eigenvalue weighted by molar-refractivity contribution is 0.211. The highest BCUT2D eigenvalue weighted by Crippen LogP contribution is 2.22. The summed E-state index contributed by atoms with van der Waals surface area (Å²) in [4.78, 5) is 2.50. The molecule has 1 N–H and O–H groups in total. The number of aryl methyl sites for hydroxylation is 2. The van der Waals surface area contributed by atoms with Gasteiger partial charge in [-0.3, -0.25) is 4.90 Å². The maximum atomic E-state index is 6.27. The van der Waals surface area contributed by atoms with Crippen LogP contribution in [0.15, 0.2) is 42.5 Å². The molecule has 0 atom stereocenters. The topological polar surface area (TPSA) is 15.3 Å². The van der Waals surface area contributed by atoms with Crippen LogP contribution in [0, 0.1) is 13.8 Å². The van der Waals surface area contributed by atoms with Gasteiger partial charge in [0.25, 0.3) is 0 Å². The molecule has 0 aliphatic carbocycles. The summed E-state index contributed by atoms with van der Waals surface area (Å²) < 4.78 is 0. The normalized spacial score (nSPS) is 16.5. The zero-order valence-corrected chi connectivity index (χ0v) is 14.7. The Morgan fingerprint density at radius 3 is 2.48 bits per heavy atom. The number of halogens is 1. The molecule has 0 unspecified atom stereocenters. The van der Waals surface area contributed by atoms with E-state index >= 15 is 0 Å². The van der Waals surface area contributed by atoms with Crippen LogP contribution in [0.2, 0.25) is 5.02 Å². The van der Waals surface area contributed by atoms with Crippen LogP contribution in [-0.2, 0) is 6.54 Å². The molecule has 3 heteroatoms. The van der Waals surface area contributed by atoms with E-state index in [1.54, 1.807) is 0 Å². The molecule has 2 aromatic carbocycles. The minimum Gasteiger partial charge on any atom is -0.382 e. The minimum atomic E-state index is 0.569. The first-order valence-electron chi connectivity index (χ1n) is 8.41. The molecule has 122 valence electrons. The van der Waals surface area contributed by atoms with E-state index in [0.29, 0.717) is 6.04 Å². The number of nitrogens with one attached hydrogen (secondary N) is 1. The lowest BCUT2D eigenvalue weighted by Crippen LogP contribution is -2.38. The lowest BCUT2D eigenvalue weighted by atomic mass is 10.0. The van der Waals surface area contributed by atoms with Crippen LogP contribution in [0.4, 0.5) is 5.69 Å². The van der Waals surface area contributed by atoms with Crippen LogP contribution in [0.25, 0.3) is 0 Å². The van der Waals surface area contributed by atoms with Crippen LogP contribution in [-0.4, -0.2) is 24.0 Å². The number of benzene rings is 2. The van der Waals surface area contributed by atoms with E-state index in [4.69, 9.17) is 11.6 Å². The number of rotatable bonds is 4. The predicted molar refractivity (Wildman–Crippen MR) is 99.3 cm³/mol. The molecule has 0 spiro atoms. The molecule has 1 aliphatic rings. The van der Waals surface area contributed by atoms with E-state index in [2.05, 4.69) is 54.4 Å². The Bertz CT molecular complexity index is 660. The second kappa shape index (κ2) is 7.37. The van der Waals surface area contributed by atoms with Crippen molar-refractivity contribution in [3.63, 3.8) is 0 Å². The zero-order valence-electron chi connectivity index (χ0n) is 14.0. The lowest BCUT2D eigenvalue weighted by Gasteiger charge is -2.33. The van der Waals surface area contributed by atoms with Gasteiger partial charge in [-0.2, -0.15) is 0 Å². The minimum absolute atomic E-state index is 0.569. The Kier molecular flexibility index (Phi) is 5.24. The second-order valence-corrected chi connectivity index (χ2v) is 6.99. The third kappa shape index (κ3) is 4.27. The van der Waals surface area contributed by atoms with Crippen molar-refractivity contribution in [2.75, 3.05) is 18.4 Å². The molecular weight excluding hydrogens is 304 g/mol. The Labute approximate surface area is 144 Å². The Balaban J connectivity index is 1.52. The van der Waals surface area contributed by atoms with E-state index in [-0.39, 0.29) is 0 Å². The van der Waals surface area contributed by atoms with Crippen molar-refractivity contribution in [1.82, 2.24) is 4.90 Å². The van der Waals surface area contributed by atoms with Gasteiger partial charge in [0.15, 0.2) is 0 Å². The Hall–Kier alpha value is -1.51. The monoisotopic (exact) mass is 328 g/mol. The Morgan fingerprint density at radius 2 is 1.78 bits per heavy atom. The van der Waals surface area contributed by atoms with E-state index in [1.807, 2.05) is 12.1 Å². The summed E-state index contributed by atoms with van der Waals surface area (Å²) in [6, 6.07) is 15.4. The number of nitrogens with zero attached hydrogens (tertiary/aromatic N) is 1. The van der Waals surface area contributed by atoms with Crippen LogP contribution >= 0.6 is 11.6 Å². The summed E-state index contributed by atoms with van der Waals surface area (Å²) in [6.07, 6.45) is 2.36. The first kappa shape index (κ1) is 16.4. The fourth-order valence-electron chi connectivity index (χ4n) is 3.17. The standard InChI is InChI=1S/C20H25ClN2/c1-15-7-8-19(13-16(15)2)22-18-9-11-23(12-10-18)14-17-5-3-4-6-20(17)21/h3-8,13,18,22H,9-12,14H2,1-2H3. The molecule has 2 aromatic rings. The fraction of sp³-hybridized carbons (Fsp3) is 0.400. The van der Waals surface area contributed by atoms with Crippen LogP contribution in [0.1, 0.15) is 29.5 Å². The van der Waals surface area contributed by atoms with Gasteiger partial charge in [-0.15, -0.1) is 0 Å². The van der Waals surface area contributed by atoms with Gasteiger partial charge in [-0.1, -0.05) is 35.9 Å². The molecule has 1 heterocycles. The average molecular weight is 329 g/mol. The summed E-state index contributed by atoms with van der Waals surface area (Å²) >= 11 is 6.27. The van der Waals surface area contributed by atoms with Crippen LogP contribution < -0.4 is 5.32 Å². The third-order valence-corrected chi connectivity index (χ3v) is 5.19. The van der Waals surface area contributed by atoms with E-state index < -0.39 is 0 Å². The van der Waals surface area contributed by atoms with Gasteiger partial charge in [-0.05, 0) is 61.6 Å². The predicted octanol–water partition coefficient (Wildman–Crippen LogP) is 5.03. The number of piperidine rings is 1. The SMILES string of the molecule is Cc1ccc(NC2CCN(Cc3ccccc3Cl)CC2)cc1C. The van der Waals surface area contributed by atoms with Gasteiger partial charge >= 0.3 is 0 Å². The molecule has 1 fully saturated rings. The highest BCUT2D eigenvalue weighted by molar-refractivity contribution is 6.31. The molecule has 2 nitrogen and oxygen atoms in total. The van der Waals surface area contributed by atoms with Crippen molar-refractivity contribution in [2.24, 2.45) is 0 Å². The molecule has 0 bridgehead atoms. The molecule has 3 rings (SSSR count). The van der Waals surface area contributed by atoms with Crippen molar-refractivity contribution in [2.45, 2.75) is 39.3 Å². The summed E-state index contributed by atoms with van der Waals surface area (Å²) in [5, 5.41) is 4.57. The van der Waals surface area contributed by atoms with Crippen molar-refractivity contribution >= 4 is 17.3 Å². The molecule has 1 saturated heterocycles. The molecule has 1 aliphatic heterocycles. The van der Waals surface area contributed by atoms with Gasteiger partial charge in [-0.25, -0.2) is 0 Å². The number of likely N-dealkylation sites (tertiary alicyclic amines) is 1. The van der Waals surface area contributed by atoms with Crippen LogP contribution in [0.3, 0.4) is 0 Å². The van der Waals surface area contributed by atoms with Crippen molar-refractivity contribution in [3.05, 3.63) is 64.2 Å². The number of hydrogen-bond donors (Lipinski definition) is 1. The highest BCUT2D eigenvalue weighted by Gasteiger charge is 2.19. The largest absolute Gasteiger partial charge is 0.382 e. The van der Waals surface area contributed by atoms with Crippen molar-refractivity contribution in [3.8, 4) is 0 Å². The van der Waals surface area contributed by atoms with Crippen molar-refractivity contribution < 1.29 is 0 Å². The molecular formula is C20H25ClN2. The van der Waals surface area contributed by atoms with Gasteiger partial charge in [0.1, 0.15) is 0 Å². The first-order chi connectivity index (χ1) is 11.1. The molecule has 23 heavy (non-hydrogen) atoms. The maximum Gasteiger partial charge on any atom is 0.0451 e. The van der Waals surface area contributed by atoms with E-state index in [0.717, 1.165) is 24.7 Å². The first-order valence-corrected chi connectivity index (χ1v) is 8.79. The second-order valence-electron chi connectivity index (χ2n) is 6.59. The highest BCUT2D eigenvalue weighted by atomic mass is 35.5. The molecule has 0 aromatic heterocycles. The van der Waals surface area contributed by atoms with Crippen molar-refractivity contribution in [1.29, 1.82) is 0 Å². The van der Waals surface area contributed by atoms with Gasteiger partial charge in [0, 0.05) is 36.4 Å². The quantitative estimate of drug-likeness (QED) is 0.846. The average Bonchev–Trinajstić information content (AvgIpc) is 2.55. The van der Waals surface area contributed by atoms with E-state index in [9.17, 15) is 0 Å². The summed E-state index contributed by atoms with van der Waals surface area (Å²) in [5.41, 5.74) is 5.18. The van der Waals surface area contributed by atoms with Gasteiger partial charge in [0.2, 0.25) is 0 Å². The summed E-state index contributed by atoms with van der Waals surface area (Å²) in [6.45, 7) is 7.52. The fourth-order valence-corrected chi connectivity index (χ4v) is 3.37. The van der Waals surface area contributed by atoms with Gasteiger partial charge in [0.05, 0.1) is 0 Å². The zero-order chi connectivity index (χ0) is 16.2. The molecule has 0 amide bonds. The molecule has 0 saturated carbocycles. The summed E-state index contributed by atoms with van der Waals surface area (Å²) in [7, 11) is 0. The van der Waals surface area contributed by atoms with E-state index in [1.165, 1.54) is 35.2 Å². The number of anilines is 1. The summed E-state index contributed by atoms with van der Waals surface area (Å²) in [5.74, 6) is 0. The Morgan fingerprint density at radius 1 is 1.04 bits per heavy atom. The number of hydrogen-bond acceptors (Lipinski definition) is 2.